The average molecular weight is 393 g/mol. The minimum atomic E-state index is -0.150. The summed E-state index contributed by atoms with van der Waals surface area (Å²) in [7, 11) is -0.427. The third kappa shape index (κ3) is 59.9. The smallest absolute Gasteiger partial charge is 0.0302 e. The lowest BCUT2D eigenvalue weighted by atomic mass is 10.4. The van der Waals surface area contributed by atoms with Gasteiger partial charge in [-0.3, -0.25) is 0 Å². The van der Waals surface area contributed by atoms with Gasteiger partial charge in [0.25, 0.3) is 0 Å². The second kappa shape index (κ2) is 25.3. The molecule has 144 valence electrons. The number of benzene rings is 2. The molecule has 0 saturated carbocycles. The Morgan fingerprint density at radius 3 is 0.520 bits per heavy atom. The lowest BCUT2D eigenvalue weighted by Crippen LogP contribution is -1.92. The summed E-state index contributed by atoms with van der Waals surface area (Å²) in [5, 5.41) is 0. The van der Waals surface area contributed by atoms with Crippen molar-refractivity contribution in [2.45, 2.75) is 65.3 Å². The molecule has 0 nitrogen and oxygen atoms in total. The third-order valence-corrected chi connectivity index (χ3v) is 3.78. The highest BCUT2D eigenvalue weighted by Crippen LogP contribution is 1.84. The maximum atomic E-state index is 2.36. The second-order valence-electron chi connectivity index (χ2n) is 7.58. The first kappa shape index (κ1) is 28.9. The van der Waals surface area contributed by atoms with Gasteiger partial charge in [-0.2, -0.15) is 0 Å². The van der Waals surface area contributed by atoms with Gasteiger partial charge in [-0.25, -0.2) is 0 Å². The van der Waals surface area contributed by atoms with Crippen molar-refractivity contribution in [2.75, 3.05) is 0 Å². The van der Waals surface area contributed by atoms with Crippen LogP contribution in [0.4, 0.5) is 0 Å². The van der Waals surface area contributed by atoms with E-state index in [0.29, 0.717) is 0 Å². The summed E-state index contributed by atoms with van der Waals surface area (Å²) >= 11 is 0. The quantitative estimate of drug-likeness (QED) is 0.455. The summed E-state index contributed by atoms with van der Waals surface area (Å²) in [6.45, 7) is 20.8. The summed E-state index contributed by atoms with van der Waals surface area (Å²) < 4.78 is 0. The van der Waals surface area contributed by atoms with Crippen LogP contribution in [0.5, 0.6) is 0 Å². The fourth-order valence-corrected chi connectivity index (χ4v) is 0.770. The summed E-state index contributed by atoms with van der Waals surface area (Å²) in [5.41, 5.74) is 0. The molecule has 0 amide bonds. The van der Waals surface area contributed by atoms with Gasteiger partial charge in [0.1, 0.15) is 0 Å². The van der Waals surface area contributed by atoms with Crippen molar-refractivity contribution in [3.05, 3.63) is 72.8 Å². The van der Waals surface area contributed by atoms with Gasteiger partial charge < -0.3 is 0 Å². The second-order valence-corrected chi connectivity index (χ2v) is 18.1. The van der Waals surface area contributed by atoms with E-state index in [0.717, 1.165) is 0 Å². The molecule has 0 unspecified atom stereocenters. The standard InChI is InChI=1S/2C6H6.C4H12Si.2C3H10Si/c2*1-2-4-6-5-3-1;1-4-5(2)3;2*1-4(2)3/h2*1-6H;5H,4H2,1-3H3;2*4H,1-3H3. The maximum Gasteiger partial charge on any atom is 0.0302 e. The Kier molecular flexibility index (Phi) is 29.3. The normalized spacial score (nSPS) is 8.64. The zero-order valence-corrected chi connectivity index (χ0v) is 21.8. The molecule has 0 aliphatic carbocycles. The Morgan fingerprint density at radius 1 is 0.400 bits per heavy atom. The van der Waals surface area contributed by atoms with Crippen LogP contribution in [0.2, 0.25) is 58.4 Å². The van der Waals surface area contributed by atoms with Crippen molar-refractivity contribution < 1.29 is 0 Å². The largest absolute Gasteiger partial charge is 0.0724 e. The lowest BCUT2D eigenvalue weighted by Gasteiger charge is -1.87. The zero-order valence-electron chi connectivity index (χ0n) is 18.4. The van der Waals surface area contributed by atoms with Crippen LogP contribution in [0.25, 0.3) is 0 Å². The lowest BCUT2D eigenvalue weighted by molar-refractivity contribution is 1.41. The fraction of sp³-hybridized carbons (Fsp3) is 0.455. The van der Waals surface area contributed by atoms with Crippen molar-refractivity contribution in [1.82, 2.24) is 0 Å². The molecule has 25 heavy (non-hydrogen) atoms. The Balaban J connectivity index is -0.000000246. The van der Waals surface area contributed by atoms with Crippen LogP contribution in [-0.4, -0.2) is 26.4 Å². The molecule has 0 spiro atoms. The number of hydrogen-bond acceptors (Lipinski definition) is 0. The first-order valence-corrected chi connectivity index (χ1v) is 19.8. The van der Waals surface area contributed by atoms with E-state index in [2.05, 4.69) is 59.3 Å². The molecule has 0 atom stereocenters. The van der Waals surface area contributed by atoms with Crippen LogP contribution in [0, 0.1) is 0 Å². The Morgan fingerprint density at radius 2 is 0.480 bits per heavy atom. The van der Waals surface area contributed by atoms with E-state index in [9.17, 15) is 0 Å². The molecule has 0 saturated heterocycles. The number of rotatable bonds is 1. The first-order chi connectivity index (χ1) is 11.7. The highest BCUT2D eigenvalue weighted by atomic mass is 28.3. The zero-order chi connectivity index (χ0) is 19.9. The molecule has 0 fully saturated rings. The van der Waals surface area contributed by atoms with Crippen LogP contribution in [-0.2, 0) is 0 Å². The molecule has 2 rings (SSSR count). The van der Waals surface area contributed by atoms with E-state index in [1.807, 2.05) is 72.8 Å². The van der Waals surface area contributed by atoms with Crippen LogP contribution < -0.4 is 0 Å². The predicted molar refractivity (Wildman–Crippen MR) is 132 cm³/mol. The molecule has 2 aromatic carbocycles. The van der Waals surface area contributed by atoms with Gasteiger partial charge in [-0.1, -0.05) is 138 Å². The summed E-state index contributed by atoms with van der Waals surface area (Å²) in [6, 6.07) is 25.4. The highest BCUT2D eigenvalue weighted by Gasteiger charge is 1.82. The SMILES string of the molecule is CC[SiH](C)C.C[SiH](C)C.C[SiH](C)C.c1ccccc1.c1ccccc1. The number of hydrogen-bond donors (Lipinski definition) is 0. The fourth-order valence-electron chi connectivity index (χ4n) is 0.770. The summed E-state index contributed by atoms with van der Waals surface area (Å²) in [5.74, 6) is 0. The highest BCUT2D eigenvalue weighted by molar-refractivity contribution is 6.55. The minimum absolute atomic E-state index is 0.139. The van der Waals surface area contributed by atoms with Gasteiger partial charge in [0.2, 0.25) is 0 Å². The molecular weight excluding hydrogens is 349 g/mol. The Labute approximate surface area is 164 Å². The van der Waals surface area contributed by atoms with E-state index in [1.54, 1.807) is 0 Å². The molecular formula is C22H44Si3. The molecule has 0 aromatic heterocycles. The topological polar surface area (TPSA) is 0 Å². The molecule has 0 N–H and O–H groups in total. The van der Waals surface area contributed by atoms with Gasteiger partial charge in [0.05, 0.1) is 0 Å². The van der Waals surface area contributed by atoms with Gasteiger partial charge in [0, 0.05) is 26.4 Å². The molecule has 0 aliphatic heterocycles. The Bertz CT molecular complexity index is 304. The van der Waals surface area contributed by atoms with E-state index in [1.165, 1.54) is 6.04 Å². The van der Waals surface area contributed by atoms with Crippen molar-refractivity contribution in [2.24, 2.45) is 0 Å². The maximum absolute atomic E-state index is 2.36. The summed E-state index contributed by atoms with van der Waals surface area (Å²) in [6.07, 6.45) is 0. The van der Waals surface area contributed by atoms with Crippen LogP contribution >= 0.6 is 0 Å². The van der Waals surface area contributed by atoms with Gasteiger partial charge in [-0.05, 0) is 0 Å². The van der Waals surface area contributed by atoms with Crippen molar-refractivity contribution >= 4 is 26.4 Å². The van der Waals surface area contributed by atoms with Gasteiger partial charge in [0.15, 0.2) is 0 Å². The Hall–Kier alpha value is -0.909. The van der Waals surface area contributed by atoms with Crippen LogP contribution in [0.15, 0.2) is 72.8 Å². The monoisotopic (exact) mass is 392 g/mol. The molecule has 0 aliphatic rings. The van der Waals surface area contributed by atoms with E-state index in [4.69, 9.17) is 0 Å². The van der Waals surface area contributed by atoms with E-state index < -0.39 is 0 Å². The van der Waals surface area contributed by atoms with Gasteiger partial charge >= 0.3 is 0 Å². The first-order valence-electron chi connectivity index (χ1n) is 9.73. The molecule has 0 radical (unpaired) electrons. The van der Waals surface area contributed by atoms with E-state index >= 15 is 0 Å². The van der Waals surface area contributed by atoms with Crippen LogP contribution in [0.1, 0.15) is 6.92 Å². The molecule has 0 bridgehead atoms. The van der Waals surface area contributed by atoms with Crippen molar-refractivity contribution in [3.63, 3.8) is 0 Å². The minimum Gasteiger partial charge on any atom is -0.0724 e. The third-order valence-electron chi connectivity index (χ3n) is 2.15. The average Bonchev–Trinajstić information content (AvgIpc) is 2.58. The predicted octanol–water partition coefficient (Wildman–Crippen LogP) is 7.07. The van der Waals surface area contributed by atoms with Crippen molar-refractivity contribution in [3.8, 4) is 0 Å². The molecule has 3 heteroatoms. The van der Waals surface area contributed by atoms with Crippen molar-refractivity contribution in [1.29, 1.82) is 0 Å². The molecule has 2 aromatic rings. The van der Waals surface area contributed by atoms with Gasteiger partial charge in [-0.15, -0.1) is 0 Å². The molecule has 0 heterocycles. The summed E-state index contributed by atoms with van der Waals surface area (Å²) in [4.78, 5) is 0. The van der Waals surface area contributed by atoms with Crippen LogP contribution in [0.3, 0.4) is 0 Å². The van der Waals surface area contributed by atoms with E-state index in [-0.39, 0.29) is 26.4 Å².